The molecule has 3 heterocycles. The lowest BCUT2D eigenvalue weighted by Gasteiger charge is -2.46. The largest absolute Gasteiger partial charge is 0.491 e. The van der Waals surface area contributed by atoms with Gasteiger partial charge in [-0.3, -0.25) is 24.2 Å². The highest BCUT2D eigenvalue weighted by molar-refractivity contribution is 6.11. The number of aliphatic hydroxyl groups is 1. The van der Waals surface area contributed by atoms with Crippen LogP contribution in [0.3, 0.4) is 0 Å². The number of hydrogen-bond acceptors (Lipinski definition) is 8. The summed E-state index contributed by atoms with van der Waals surface area (Å²) in [6.45, 7) is 0.863. The number of aliphatic carboxylic acids is 1. The molecule has 0 radical (unpaired) electrons. The molecule has 282 valence electrons. The van der Waals surface area contributed by atoms with Gasteiger partial charge in [0.2, 0.25) is 5.91 Å². The molecule has 3 aliphatic heterocycles. The van der Waals surface area contributed by atoms with Crippen LogP contribution in [0.15, 0.2) is 133 Å². The van der Waals surface area contributed by atoms with Crippen LogP contribution in [0.5, 0.6) is 5.75 Å². The second-order valence-electron chi connectivity index (χ2n) is 14.4. The fraction of sp³-hybridized carbons (Fsp3) is 0.239. The highest BCUT2D eigenvalue weighted by atomic mass is 16.6. The Morgan fingerprint density at radius 1 is 0.875 bits per heavy atom. The third kappa shape index (κ3) is 6.39. The van der Waals surface area contributed by atoms with Gasteiger partial charge in [0, 0.05) is 23.4 Å². The van der Waals surface area contributed by atoms with Gasteiger partial charge in [-0.1, -0.05) is 121 Å². The Kier molecular flexibility index (Phi) is 10.1. The van der Waals surface area contributed by atoms with Crippen LogP contribution >= 0.6 is 0 Å². The van der Waals surface area contributed by atoms with Crippen LogP contribution in [-0.2, 0) is 31.1 Å². The number of aliphatic hydroxyl groups excluding tert-OH is 1. The molecule has 1 spiro atoms. The summed E-state index contributed by atoms with van der Waals surface area (Å²) in [7, 11) is 1.99. The predicted octanol–water partition coefficient (Wildman–Crippen LogP) is 5.90. The topological polar surface area (TPSA) is 129 Å². The number of para-hydroxylation sites is 1. The number of cyclic esters (lactones) is 1. The lowest BCUT2D eigenvalue weighted by Crippen LogP contribution is -2.52. The summed E-state index contributed by atoms with van der Waals surface area (Å²) in [4.78, 5) is 47.5. The second kappa shape index (κ2) is 15.5. The third-order valence-electron chi connectivity index (χ3n) is 11.0. The van der Waals surface area contributed by atoms with Gasteiger partial charge in [0.1, 0.15) is 35.8 Å². The standard InChI is InChI=1S/C46H41N3O7/c1-48(29-31-14-5-2-6-15-31)25-13-16-30-23-24-36-35(28-30)46(45(54)47-36)38(43(51)52)40-44(53)56-41(33-19-9-4-10-20-33)39(32-17-7-3-8-18-32)49(40)42(46)34-21-11-12-22-37(34)55-27-26-50/h2-12,14-15,17-24,28,38-42,50H,25-27,29H2,1H3,(H,47,54)(H,51,52)/t38-,39-,40-,41+,42+,46-/m1/s1. The number of nitrogens with zero attached hydrogens (tertiary/aromatic N) is 2. The molecule has 10 nitrogen and oxygen atoms in total. The molecule has 3 aliphatic rings. The van der Waals surface area contributed by atoms with Gasteiger partial charge in [-0.2, -0.15) is 0 Å². The van der Waals surface area contributed by atoms with Crippen LogP contribution in [0.1, 0.15) is 51.6 Å². The Hall–Kier alpha value is -6.25. The molecule has 0 aliphatic carbocycles. The summed E-state index contributed by atoms with van der Waals surface area (Å²) in [5.74, 6) is 2.65. The SMILES string of the molecule is CN(CC#Cc1ccc2c(c1)[C@]1(C(=O)N2)[C@H](c2ccccc2OCCO)N2[C@H](c3ccccc3)[C@H](c3ccccc3)OC(=O)[C@H]2[C@@H]1C(=O)O)Cc1ccccc1. The zero-order valence-electron chi connectivity index (χ0n) is 30.7. The quantitative estimate of drug-likeness (QED) is 0.118. The van der Waals surface area contributed by atoms with E-state index in [2.05, 4.69) is 34.2 Å². The lowest BCUT2D eigenvalue weighted by atomic mass is 9.65. The second-order valence-corrected chi connectivity index (χ2v) is 14.4. The fourth-order valence-electron chi connectivity index (χ4n) is 8.84. The number of morpholine rings is 1. The number of hydrogen-bond donors (Lipinski definition) is 3. The van der Waals surface area contributed by atoms with E-state index in [-0.39, 0.29) is 13.2 Å². The van der Waals surface area contributed by atoms with E-state index in [1.807, 2.05) is 90.8 Å². The van der Waals surface area contributed by atoms with Gasteiger partial charge in [-0.15, -0.1) is 0 Å². The maximum absolute atomic E-state index is 15.0. The first-order valence-electron chi connectivity index (χ1n) is 18.6. The minimum atomic E-state index is -1.86. The number of anilines is 1. The minimum Gasteiger partial charge on any atom is -0.491 e. The highest BCUT2D eigenvalue weighted by Gasteiger charge is 2.74. The summed E-state index contributed by atoms with van der Waals surface area (Å²) >= 11 is 0. The third-order valence-corrected chi connectivity index (χ3v) is 11.0. The van der Waals surface area contributed by atoms with Crippen LogP contribution in [0.25, 0.3) is 0 Å². The number of carbonyl (C=O) groups is 3. The molecule has 56 heavy (non-hydrogen) atoms. The summed E-state index contributed by atoms with van der Waals surface area (Å²) < 4.78 is 12.4. The van der Waals surface area contributed by atoms with E-state index in [4.69, 9.17) is 9.47 Å². The summed E-state index contributed by atoms with van der Waals surface area (Å²) in [6, 6.07) is 38.2. The molecular weight excluding hydrogens is 707 g/mol. The van der Waals surface area contributed by atoms with E-state index in [1.54, 1.807) is 42.5 Å². The maximum Gasteiger partial charge on any atom is 0.325 e. The Morgan fingerprint density at radius 3 is 2.23 bits per heavy atom. The number of fused-ring (bicyclic) bond motifs is 3. The smallest absolute Gasteiger partial charge is 0.325 e. The van der Waals surface area contributed by atoms with Crippen molar-refractivity contribution in [2.24, 2.45) is 5.92 Å². The van der Waals surface area contributed by atoms with Crippen LogP contribution in [-0.4, -0.2) is 70.7 Å². The number of ether oxygens (including phenoxy) is 2. The maximum atomic E-state index is 15.0. The molecule has 0 saturated carbocycles. The fourth-order valence-corrected chi connectivity index (χ4v) is 8.84. The molecule has 5 aromatic carbocycles. The Balaban J connectivity index is 1.33. The number of rotatable bonds is 10. The number of nitrogens with one attached hydrogen (secondary N) is 1. The van der Waals surface area contributed by atoms with Crippen molar-refractivity contribution < 1.29 is 34.1 Å². The van der Waals surface area contributed by atoms with Crippen molar-refractivity contribution in [3.63, 3.8) is 0 Å². The zero-order chi connectivity index (χ0) is 38.8. The van der Waals surface area contributed by atoms with Crippen molar-refractivity contribution in [2.45, 2.75) is 36.2 Å². The molecule has 2 saturated heterocycles. The average Bonchev–Trinajstić information content (AvgIpc) is 3.69. The number of carbonyl (C=O) groups excluding carboxylic acids is 2. The van der Waals surface area contributed by atoms with Gasteiger partial charge < -0.3 is 25.0 Å². The molecular formula is C46H41N3O7. The van der Waals surface area contributed by atoms with Gasteiger partial charge in [0.05, 0.1) is 25.2 Å². The van der Waals surface area contributed by atoms with Crippen molar-refractivity contribution in [3.8, 4) is 17.6 Å². The van der Waals surface area contributed by atoms with Gasteiger partial charge >= 0.3 is 11.9 Å². The number of amides is 1. The molecule has 10 heteroatoms. The lowest BCUT2D eigenvalue weighted by molar-refractivity contribution is -0.179. The summed E-state index contributed by atoms with van der Waals surface area (Å²) in [5, 5.41) is 24.1. The molecule has 0 aromatic heterocycles. The van der Waals surface area contributed by atoms with Gasteiger partial charge in [0.25, 0.3) is 0 Å². The molecule has 0 unspecified atom stereocenters. The van der Waals surface area contributed by atoms with Gasteiger partial charge in [-0.25, -0.2) is 0 Å². The normalized spacial score (nSPS) is 23.8. The van der Waals surface area contributed by atoms with Gasteiger partial charge in [0.15, 0.2) is 0 Å². The van der Waals surface area contributed by atoms with Crippen LogP contribution in [0.4, 0.5) is 5.69 Å². The number of esters is 1. The van der Waals surface area contributed by atoms with E-state index < -0.39 is 53.4 Å². The average molecular weight is 748 g/mol. The summed E-state index contributed by atoms with van der Waals surface area (Å²) in [6.07, 6.45) is -0.853. The molecule has 1 amide bonds. The van der Waals surface area contributed by atoms with Crippen LogP contribution in [0.2, 0.25) is 0 Å². The molecule has 2 fully saturated rings. The Bertz CT molecular complexity index is 2310. The van der Waals surface area contributed by atoms with Crippen LogP contribution < -0.4 is 10.1 Å². The van der Waals surface area contributed by atoms with E-state index >= 15 is 4.79 Å². The van der Waals surface area contributed by atoms with Crippen molar-refractivity contribution in [3.05, 3.63) is 167 Å². The number of carboxylic acid groups (broad SMARTS) is 1. The van der Waals surface area contributed by atoms with Crippen molar-refractivity contribution in [2.75, 3.05) is 32.1 Å². The van der Waals surface area contributed by atoms with E-state index in [0.29, 0.717) is 41.2 Å². The first kappa shape index (κ1) is 36.7. The first-order chi connectivity index (χ1) is 27.3. The van der Waals surface area contributed by atoms with E-state index in [9.17, 15) is 19.8 Å². The van der Waals surface area contributed by atoms with E-state index in [1.165, 1.54) is 0 Å². The first-order valence-corrected chi connectivity index (χ1v) is 18.6. The predicted molar refractivity (Wildman–Crippen MR) is 209 cm³/mol. The molecule has 6 atom stereocenters. The monoisotopic (exact) mass is 747 g/mol. The molecule has 3 N–H and O–H groups in total. The highest BCUT2D eigenvalue weighted by Crippen LogP contribution is 2.65. The zero-order valence-corrected chi connectivity index (χ0v) is 30.7. The van der Waals surface area contributed by atoms with Crippen molar-refractivity contribution in [1.29, 1.82) is 0 Å². The van der Waals surface area contributed by atoms with Crippen molar-refractivity contribution in [1.82, 2.24) is 9.80 Å². The number of benzene rings is 5. The van der Waals surface area contributed by atoms with Crippen molar-refractivity contribution >= 4 is 23.5 Å². The molecule has 0 bridgehead atoms. The minimum absolute atomic E-state index is 0.0411. The summed E-state index contributed by atoms with van der Waals surface area (Å²) in [5.41, 5.74) is 2.75. The Morgan fingerprint density at radius 2 is 1.54 bits per heavy atom. The molecule has 5 aromatic rings. The van der Waals surface area contributed by atoms with Gasteiger partial charge in [-0.05, 0) is 53.6 Å². The Labute approximate surface area is 325 Å². The van der Waals surface area contributed by atoms with Crippen LogP contribution in [0, 0.1) is 17.8 Å². The molecule has 8 rings (SSSR count). The number of carboxylic acids is 1. The van der Waals surface area contributed by atoms with E-state index in [0.717, 1.165) is 16.7 Å².